The zero-order chi connectivity index (χ0) is 14.4. The third-order valence-corrected chi connectivity index (χ3v) is 4.05. The molecular weight excluding hydrogens is 346 g/mol. The Hall–Kier alpha value is -1.53. The van der Waals surface area contributed by atoms with Crippen LogP contribution < -0.4 is 0 Å². The first-order valence-electron chi connectivity index (χ1n) is 5.83. The molecule has 0 spiro atoms. The molecule has 0 amide bonds. The summed E-state index contributed by atoms with van der Waals surface area (Å²) in [5.74, 6) is -0.680. The van der Waals surface area contributed by atoms with Crippen molar-refractivity contribution < 1.29 is 8.78 Å². The number of hydrogen-bond donors (Lipinski definition) is 1. The summed E-state index contributed by atoms with van der Waals surface area (Å²) in [7, 11) is 0. The average Bonchev–Trinajstić information content (AvgIpc) is 2.69. The highest BCUT2D eigenvalue weighted by molar-refractivity contribution is 9.10. The van der Waals surface area contributed by atoms with Crippen LogP contribution in [0.2, 0.25) is 0 Å². The lowest BCUT2D eigenvalue weighted by molar-refractivity contribution is 0.619. The zero-order valence-electron chi connectivity index (χ0n) is 10.4. The Morgan fingerprint density at radius 3 is 2.60 bits per heavy atom. The fraction of sp³-hybridized carbons (Fsp3) is 0.0714. The summed E-state index contributed by atoms with van der Waals surface area (Å²) in [6, 6.07) is 7.82. The lowest BCUT2D eigenvalue weighted by Crippen LogP contribution is -1.95. The van der Waals surface area contributed by atoms with Crippen LogP contribution in [-0.2, 0) is 0 Å². The second kappa shape index (κ2) is 4.79. The Kier molecular flexibility index (Phi) is 3.22. The van der Waals surface area contributed by atoms with Crippen molar-refractivity contribution in [3.8, 4) is 5.69 Å². The van der Waals surface area contributed by atoms with Gasteiger partial charge in [-0.25, -0.2) is 8.78 Å². The minimum absolute atomic E-state index is 0.303. The van der Waals surface area contributed by atoms with Crippen molar-refractivity contribution in [1.29, 1.82) is 0 Å². The molecule has 3 aromatic rings. The van der Waals surface area contributed by atoms with E-state index in [0.717, 1.165) is 5.52 Å². The van der Waals surface area contributed by atoms with Crippen LogP contribution in [-0.4, -0.2) is 9.55 Å². The average molecular weight is 355 g/mol. The summed E-state index contributed by atoms with van der Waals surface area (Å²) in [6.45, 7) is 1.68. The van der Waals surface area contributed by atoms with E-state index in [-0.39, 0.29) is 11.6 Å². The summed E-state index contributed by atoms with van der Waals surface area (Å²) < 4.78 is 29.7. The zero-order valence-corrected chi connectivity index (χ0v) is 12.8. The van der Waals surface area contributed by atoms with Gasteiger partial charge in [-0.2, -0.15) is 0 Å². The Labute approximate surface area is 127 Å². The van der Waals surface area contributed by atoms with E-state index in [4.69, 9.17) is 12.2 Å². The van der Waals surface area contributed by atoms with Crippen LogP contribution >= 0.6 is 28.1 Å². The first-order valence-corrected chi connectivity index (χ1v) is 7.04. The predicted octanol–water partition coefficient (Wildman–Crippen LogP) is 5.04. The Morgan fingerprint density at radius 1 is 1.15 bits per heavy atom. The molecule has 20 heavy (non-hydrogen) atoms. The first kappa shape index (κ1) is 13.5. The number of halogens is 3. The number of aromatic amines is 1. The minimum atomic E-state index is -0.377. The largest absolute Gasteiger partial charge is 0.330 e. The molecule has 102 valence electrons. The molecule has 0 aliphatic heterocycles. The van der Waals surface area contributed by atoms with Crippen molar-refractivity contribution in [3.63, 3.8) is 0 Å². The van der Waals surface area contributed by atoms with Crippen molar-refractivity contribution in [3.05, 3.63) is 56.8 Å². The van der Waals surface area contributed by atoms with Crippen LogP contribution in [0, 0.1) is 23.3 Å². The third kappa shape index (κ3) is 2.09. The number of hydrogen-bond acceptors (Lipinski definition) is 1. The number of aryl methyl sites for hydroxylation is 1. The van der Waals surface area contributed by atoms with E-state index in [9.17, 15) is 8.78 Å². The van der Waals surface area contributed by atoms with Gasteiger partial charge in [-0.15, -0.1) is 0 Å². The number of fused-ring (bicyclic) bond motifs is 1. The highest BCUT2D eigenvalue weighted by Crippen LogP contribution is 2.25. The summed E-state index contributed by atoms with van der Waals surface area (Å²) in [5, 5.41) is 0. The topological polar surface area (TPSA) is 20.7 Å². The molecule has 6 heteroatoms. The van der Waals surface area contributed by atoms with E-state index in [1.54, 1.807) is 29.7 Å². The van der Waals surface area contributed by atoms with Gasteiger partial charge in [0, 0.05) is 0 Å². The van der Waals surface area contributed by atoms with Gasteiger partial charge in [0.25, 0.3) is 0 Å². The Balaban J connectivity index is 2.35. The van der Waals surface area contributed by atoms with Gasteiger partial charge in [0.05, 0.1) is 21.2 Å². The van der Waals surface area contributed by atoms with Crippen molar-refractivity contribution in [2.45, 2.75) is 6.92 Å². The summed E-state index contributed by atoms with van der Waals surface area (Å²) in [4.78, 5) is 2.93. The molecule has 0 unspecified atom stereocenters. The molecule has 0 saturated heterocycles. The SMILES string of the molecule is Cc1cc2c(cc1F)[nH]c(=S)n2-c1ccc(Br)c(F)c1. The number of rotatable bonds is 1. The van der Waals surface area contributed by atoms with Crippen LogP contribution in [0.15, 0.2) is 34.8 Å². The second-order valence-electron chi connectivity index (χ2n) is 4.48. The summed E-state index contributed by atoms with van der Waals surface area (Å²) in [5.41, 5.74) is 2.41. The molecule has 2 nitrogen and oxygen atoms in total. The molecule has 0 aliphatic rings. The van der Waals surface area contributed by atoms with Gasteiger partial charge < -0.3 is 4.98 Å². The van der Waals surface area contributed by atoms with Crippen molar-refractivity contribution >= 4 is 39.2 Å². The molecule has 0 radical (unpaired) electrons. The standard InChI is InChI=1S/C14H9BrF2N2S/c1-7-4-13-12(6-10(7)16)18-14(20)19(13)8-2-3-9(15)11(17)5-8/h2-6H,1H3,(H,18,20). The van der Waals surface area contributed by atoms with E-state index in [1.165, 1.54) is 12.1 Å². The Bertz CT molecular complexity index is 883. The molecule has 0 fully saturated rings. The summed E-state index contributed by atoms with van der Waals surface area (Å²) in [6.07, 6.45) is 0. The molecule has 0 aliphatic carbocycles. The number of nitrogens with zero attached hydrogens (tertiary/aromatic N) is 1. The first-order chi connectivity index (χ1) is 9.47. The van der Waals surface area contributed by atoms with E-state index in [2.05, 4.69) is 20.9 Å². The lowest BCUT2D eigenvalue weighted by atomic mass is 10.2. The van der Waals surface area contributed by atoms with Gasteiger partial charge in [-0.3, -0.25) is 4.57 Å². The minimum Gasteiger partial charge on any atom is -0.330 e. The normalized spacial score (nSPS) is 11.2. The molecule has 1 aromatic heterocycles. The molecule has 0 atom stereocenters. The number of nitrogens with one attached hydrogen (secondary N) is 1. The third-order valence-electron chi connectivity index (χ3n) is 3.12. The van der Waals surface area contributed by atoms with E-state index in [1.807, 2.05) is 0 Å². The van der Waals surface area contributed by atoms with Crippen LogP contribution in [0.4, 0.5) is 8.78 Å². The highest BCUT2D eigenvalue weighted by atomic mass is 79.9. The van der Waals surface area contributed by atoms with Gasteiger partial charge in [-0.1, -0.05) is 0 Å². The van der Waals surface area contributed by atoms with Gasteiger partial charge in [0.1, 0.15) is 11.6 Å². The van der Waals surface area contributed by atoms with Gasteiger partial charge in [-0.05, 0) is 71.0 Å². The lowest BCUT2D eigenvalue weighted by Gasteiger charge is -2.06. The highest BCUT2D eigenvalue weighted by Gasteiger charge is 2.11. The molecule has 1 N–H and O–H groups in total. The fourth-order valence-electron chi connectivity index (χ4n) is 2.11. The predicted molar refractivity (Wildman–Crippen MR) is 80.8 cm³/mol. The maximum Gasteiger partial charge on any atom is 0.182 e. The Morgan fingerprint density at radius 2 is 1.90 bits per heavy atom. The monoisotopic (exact) mass is 354 g/mol. The van der Waals surface area contributed by atoms with Crippen LogP contribution in [0.25, 0.3) is 16.7 Å². The van der Waals surface area contributed by atoms with Crippen molar-refractivity contribution in [1.82, 2.24) is 9.55 Å². The number of benzene rings is 2. The van der Waals surface area contributed by atoms with E-state index >= 15 is 0 Å². The molecule has 2 aromatic carbocycles. The summed E-state index contributed by atoms with van der Waals surface area (Å²) >= 11 is 8.36. The fourth-order valence-corrected chi connectivity index (χ4v) is 2.67. The molecule has 3 rings (SSSR count). The van der Waals surface area contributed by atoms with Crippen LogP contribution in [0.5, 0.6) is 0 Å². The van der Waals surface area contributed by atoms with Gasteiger partial charge >= 0.3 is 0 Å². The smallest absolute Gasteiger partial charge is 0.182 e. The number of aromatic nitrogens is 2. The van der Waals surface area contributed by atoms with E-state index < -0.39 is 0 Å². The van der Waals surface area contributed by atoms with Crippen LogP contribution in [0.1, 0.15) is 5.56 Å². The number of H-pyrrole nitrogens is 1. The maximum absolute atomic E-state index is 13.7. The quantitative estimate of drug-likeness (QED) is 0.607. The molecule has 0 bridgehead atoms. The molecular formula is C14H9BrF2N2S. The molecule has 0 saturated carbocycles. The van der Waals surface area contributed by atoms with Crippen LogP contribution in [0.3, 0.4) is 0 Å². The maximum atomic E-state index is 13.7. The van der Waals surface area contributed by atoms with Crippen molar-refractivity contribution in [2.75, 3.05) is 0 Å². The number of imidazole rings is 1. The second-order valence-corrected chi connectivity index (χ2v) is 5.72. The van der Waals surface area contributed by atoms with Gasteiger partial charge in [0.15, 0.2) is 4.77 Å². The van der Waals surface area contributed by atoms with Gasteiger partial charge in [0.2, 0.25) is 0 Å². The molecule has 1 heterocycles. The van der Waals surface area contributed by atoms with E-state index in [0.29, 0.717) is 26.0 Å². The van der Waals surface area contributed by atoms with Crippen molar-refractivity contribution in [2.24, 2.45) is 0 Å².